The number of hydrogen-bond acceptors (Lipinski definition) is 5. The van der Waals surface area contributed by atoms with E-state index in [1.54, 1.807) is 6.26 Å². The lowest BCUT2D eigenvalue weighted by Crippen LogP contribution is -2.26. The van der Waals surface area contributed by atoms with Crippen LogP contribution in [0.1, 0.15) is 44.4 Å². The number of amides is 1. The molecule has 3 aromatic rings. The van der Waals surface area contributed by atoms with Crippen LogP contribution in [0.5, 0.6) is 0 Å². The zero-order valence-corrected chi connectivity index (χ0v) is 16.7. The Bertz CT molecular complexity index is 980. The van der Waals surface area contributed by atoms with Gasteiger partial charge in [0, 0.05) is 35.4 Å². The molecular weight excluding hydrogens is 376 g/mol. The predicted molar refractivity (Wildman–Crippen MR) is 111 cm³/mol. The minimum absolute atomic E-state index is 0.0589. The molecule has 27 heavy (non-hydrogen) atoms. The lowest BCUT2D eigenvalue weighted by atomic mass is 10.1. The molecule has 138 valence electrons. The van der Waals surface area contributed by atoms with Crippen LogP contribution < -0.4 is 0 Å². The average molecular weight is 397 g/mol. The first kappa shape index (κ1) is 17.2. The fourth-order valence-electron chi connectivity index (χ4n) is 3.86. The Morgan fingerprint density at radius 2 is 2.07 bits per heavy atom. The maximum absolute atomic E-state index is 13.3. The number of nitrogens with zero attached hydrogens (tertiary/aromatic N) is 2. The molecule has 0 N–H and O–H groups in total. The maximum Gasteiger partial charge on any atom is 0.258 e. The summed E-state index contributed by atoms with van der Waals surface area (Å²) in [6.07, 6.45) is 2.48. The van der Waals surface area contributed by atoms with Crippen molar-refractivity contribution in [1.29, 1.82) is 0 Å². The van der Waals surface area contributed by atoms with Crippen LogP contribution in [0, 0.1) is 0 Å². The van der Waals surface area contributed by atoms with Crippen molar-refractivity contribution < 1.29 is 9.21 Å². The molecule has 1 amide bonds. The van der Waals surface area contributed by atoms with Crippen LogP contribution in [0.3, 0.4) is 0 Å². The summed E-state index contributed by atoms with van der Waals surface area (Å²) in [6.45, 7) is 3.26. The number of carbonyl (C=O) groups excluding carboxylic acids is 1. The average Bonchev–Trinajstić information content (AvgIpc) is 3.43. The third-order valence-corrected chi connectivity index (χ3v) is 8.23. The van der Waals surface area contributed by atoms with Crippen molar-refractivity contribution in [2.24, 2.45) is 0 Å². The van der Waals surface area contributed by atoms with Crippen LogP contribution in [0.2, 0.25) is 0 Å². The van der Waals surface area contributed by atoms with E-state index in [0.717, 1.165) is 57.0 Å². The first-order valence-corrected chi connectivity index (χ1v) is 11.3. The van der Waals surface area contributed by atoms with Crippen LogP contribution in [0.15, 0.2) is 41.0 Å². The quantitative estimate of drug-likeness (QED) is 0.622. The van der Waals surface area contributed by atoms with Crippen LogP contribution in [-0.4, -0.2) is 27.3 Å². The summed E-state index contributed by atoms with van der Waals surface area (Å²) in [5.41, 5.74) is 4.97. The van der Waals surface area contributed by atoms with Crippen molar-refractivity contribution in [2.45, 2.75) is 31.0 Å². The highest BCUT2D eigenvalue weighted by Gasteiger charge is 2.33. The van der Waals surface area contributed by atoms with Crippen LogP contribution in [-0.2, 0) is 19.5 Å². The Labute approximate surface area is 166 Å². The van der Waals surface area contributed by atoms with Gasteiger partial charge in [-0.15, -0.1) is 23.5 Å². The van der Waals surface area contributed by atoms with Crippen molar-refractivity contribution in [3.05, 3.63) is 64.7 Å². The molecule has 5 rings (SSSR count). The van der Waals surface area contributed by atoms with Gasteiger partial charge in [0.05, 0.1) is 27.9 Å². The van der Waals surface area contributed by atoms with Crippen molar-refractivity contribution in [3.8, 4) is 0 Å². The molecule has 2 aliphatic heterocycles. The van der Waals surface area contributed by atoms with Crippen molar-refractivity contribution in [1.82, 2.24) is 9.88 Å². The highest BCUT2D eigenvalue weighted by molar-refractivity contribution is 8.19. The highest BCUT2D eigenvalue weighted by atomic mass is 32.2. The Morgan fingerprint density at radius 3 is 2.89 bits per heavy atom. The smallest absolute Gasteiger partial charge is 0.258 e. The monoisotopic (exact) mass is 396 g/mol. The molecule has 2 aromatic heterocycles. The fourth-order valence-corrected chi connectivity index (χ4v) is 6.87. The second kappa shape index (κ2) is 6.91. The summed E-state index contributed by atoms with van der Waals surface area (Å²) in [4.78, 5) is 20.0. The van der Waals surface area contributed by atoms with E-state index < -0.39 is 0 Å². The van der Waals surface area contributed by atoms with Gasteiger partial charge in [0.25, 0.3) is 5.91 Å². The van der Waals surface area contributed by atoms with Gasteiger partial charge in [0.1, 0.15) is 12.0 Å². The molecule has 4 nitrogen and oxygen atoms in total. The molecule has 0 radical (unpaired) electrons. The van der Waals surface area contributed by atoms with E-state index in [0.29, 0.717) is 17.7 Å². The molecule has 0 bridgehead atoms. The topological polar surface area (TPSA) is 46.3 Å². The number of aryl methyl sites for hydroxylation is 1. The van der Waals surface area contributed by atoms with Gasteiger partial charge in [-0.05, 0) is 17.7 Å². The first-order valence-electron chi connectivity index (χ1n) is 9.25. The molecule has 0 atom stereocenters. The van der Waals surface area contributed by atoms with Crippen LogP contribution in [0.25, 0.3) is 10.9 Å². The lowest BCUT2D eigenvalue weighted by molar-refractivity contribution is 0.0749. The van der Waals surface area contributed by atoms with Gasteiger partial charge in [0.15, 0.2) is 0 Å². The van der Waals surface area contributed by atoms with E-state index in [4.69, 9.17) is 9.40 Å². The van der Waals surface area contributed by atoms with Crippen LogP contribution >= 0.6 is 23.5 Å². The minimum atomic E-state index is 0.0589. The molecule has 0 aliphatic carbocycles. The van der Waals surface area contributed by atoms with Gasteiger partial charge in [-0.2, -0.15) is 0 Å². The molecule has 1 fully saturated rings. The van der Waals surface area contributed by atoms with Gasteiger partial charge in [-0.1, -0.05) is 25.1 Å². The first-order chi connectivity index (χ1) is 13.2. The molecule has 0 spiro atoms. The number of rotatable bonds is 3. The SMILES string of the molecule is CCc1occ(C(=O)N2Cc3cc4ccccc4nc3C2)c1C1SCCS1. The summed E-state index contributed by atoms with van der Waals surface area (Å²) in [6, 6.07) is 10.3. The fraction of sp³-hybridized carbons (Fsp3) is 0.333. The third-order valence-electron chi connectivity index (χ3n) is 5.20. The van der Waals surface area contributed by atoms with Crippen molar-refractivity contribution in [2.75, 3.05) is 11.5 Å². The number of carbonyl (C=O) groups is 1. The molecule has 1 saturated heterocycles. The number of aromatic nitrogens is 1. The molecule has 1 aromatic carbocycles. The number of benzene rings is 1. The number of furan rings is 1. The van der Waals surface area contributed by atoms with E-state index in [1.165, 1.54) is 0 Å². The van der Waals surface area contributed by atoms with Gasteiger partial charge in [-0.3, -0.25) is 9.78 Å². The molecule has 6 heteroatoms. The number of thioether (sulfide) groups is 2. The zero-order valence-electron chi connectivity index (χ0n) is 15.1. The number of fused-ring (bicyclic) bond motifs is 2. The summed E-state index contributed by atoms with van der Waals surface area (Å²) in [5.74, 6) is 3.26. The summed E-state index contributed by atoms with van der Waals surface area (Å²) < 4.78 is 6.10. The molecule has 4 heterocycles. The van der Waals surface area contributed by atoms with Crippen LogP contribution in [0.4, 0.5) is 0 Å². The standard InChI is InChI=1S/C21H20N2O2S2/c1-2-18-19(21-26-7-8-27-21)15(12-25-18)20(24)23-10-14-9-13-5-3-4-6-16(13)22-17(14)11-23/h3-6,9,12,21H,2,7-8,10-11H2,1H3. The largest absolute Gasteiger partial charge is 0.468 e. The van der Waals surface area contributed by atoms with Crippen molar-refractivity contribution in [3.63, 3.8) is 0 Å². The Hall–Kier alpha value is -1.92. The summed E-state index contributed by atoms with van der Waals surface area (Å²) >= 11 is 3.83. The third kappa shape index (κ3) is 2.95. The Kier molecular flexibility index (Phi) is 4.40. The molecule has 0 unspecified atom stereocenters. The Balaban J connectivity index is 1.46. The van der Waals surface area contributed by atoms with Gasteiger partial charge < -0.3 is 9.32 Å². The van der Waals surface area contributed by atoms with Crippen molar-refractivity contribution >= 4 is 40.3 Å². The second-order valence-electron chi connectivity index (χ2n) is 6.86. The number of hydrogen-bond donors (Lipinski definition) is 0. The highest BCUT2D eigenvalue weighted by Crippen LogP contribution is 2.48. The number of pyridine rings is 1. The van der Waals surface area contributed by atoms with E-state index in [1.807, 2.05) is 46.6 Å². The van der Waals surface area contributed by atoms with Gasteiger partial charge >= 0.3 is 0 Å². The van der Waals surface area contributed by atoms with E-state index in [2.05, 4.69) is 19.1 Å². The van der Waals surface area contributed by atoms with E-state index >= 15 is 0 Å². The second-order valence-corrected chi connectivity index (χ2v) is 9.59. The molecular formula is C21H20N2O2S2. The zero-order chi connectivity index (χ0) is 18.4. The summed E-state index contributed by atoms with van der Waals surface area (Å²) in [5, 5.41) is 1.13. The van der Waals surface area contributed by atoms with Gasteiger partial charge in [0.2, 0.25) is 0 Å². The minimum Gasteiger partial charge on any atom is -0.468 e. The Morgan fingerprint density at radius 1 is 1.26 bits per heavy atom. The van der Waals surface area contributed by atoms with E-state index in [-0.39, 0.29) is 5.91 Å². The number of para-hydroxylation sites is 1. The maximum atomic E-state index is 13.3. The van der Waals surface area contributed by atoms with E-state index in [9.17, 15) is 4.79 Å². The molecule has 0 saturated carbocycles. The predicted octanol–water partition coefficient (Wildman–Crippen LogP) is 5.02. The molecule has 2 aliphatic rings. The normalized spacial score (nSPS) is 17.0. The lowest BCUT2D eigenvalue weighted by Gasteiger charge is -2.17. The van der Waals surface area contributed by atoms with Gasteiger partial charge in [-0.25, -0.2) is 0 Å². The summed E-state index contributed by atoms with van der Waals surface area (Å²) in [7, 11) is 0.